The monoisotopic (exact) mass is 274 g/mol. The molecule has 7 nitrogen and oxygen atoms in total. The number of hydrogen-bond acceptors (Lipinski definition) is 3. The molecule has 2 rings (SSSR count). The van der Waals surface area contributed by atoms with E-state index >= 15 is 0 Å². The van der Waals surface area contributed by atoms with Crippen molar-refractivity contribution in [2.24, 2.45) is 0 Å². The molecule has 0 saturated heterocycles. The van der Waals surface area contributed by atoms with Crippen LogP contribution in [0.2, 0.25) is 0 Å². The van der Waals surface area contributed by atoms with Gasteiger partial charge in [-0.2, -0.15) is 5.10 Å². The summed E-state index contributed by atoms with van der Waals surface area (Å²) in [6, 6.07) is 7.52. The highest BCUT2D eigenvalue weighted by Crippen LogP contribution is 2.05. The van der Waals surface area contributed by atoms with E-state index in [9.17, 15) is 9.59 Å². The predicted octanol–water partition coefficient (Wildman–Crippen LogP) is 1.23. The van der Waals surface area contributed by atoms with E-state index in [-0.39, 0.29) is 6.42 Å². The Hall–Kier alpha value is -2.83. The molecule has 0 unspecified atom stereocenters. The lowest BCUT2D eigenvalue weighted by Crippen LogP contribution is -2.44. The Balaban J connectivity index is 1.95. The number of amides is 2. The molecule has 0 aliphatic heterocycles. The van der Waals surface area contributed by atoms with Gasteiger partial charge >= 0.3 is 12.0 Å². The third-order valence-corrected chi connectivity index (χ3v) is 2.64. The smallest absolute Gasteiger partial charge is 0.326 e. The first-order valence-electron chi connectivity index (χ1n) is 5.98. The third-order valence-electron chi connectivity index (χ3n) is 2.64. The fourth-order valence-corrected chi connectivity index (χ4v) is 1.69. The fourth-order valence-electron chi connectivity index (χ4n) is 1.69. The van der Waals surface area contributed by atoms with Gasteiger partial charge in [0.1, 0.15) is 6.04 Å². The van der Waals surface area contributed by atoms with Crippen molar-refractivity contribution in [1.82, 2.24) is 15.5 Å². The van der Waals surface area contributed by atoms with Crippen LogP contribution in [0.4, 0.5) is 10.5 Å². The molecule has 0 fully saturated rings. The van der Waals surface area contributed by atoms with Crippen LogP contribution in [-0.4, -0.2) is 33.3 Å². The first-order chi connectivity index (χ1) is 9.65. The summed E-state index contributed by atoms with van der Waals surface area (Å²) in [6.07, 6.45) is 3.13. The Labute approximate surface area is 115 Å². The highest BCUT2D eigenvalue weighted by molar-refractivity contribution is 5.92. The van der Waals surface area contributed by atoms with Gasteiger partial charge in [0, 0.05) is 12.6 Å². The van der Waals surface area contributed by atoms with Gasteiger partial charge < -0.3 is 15.7 Å². The van der Waals surface area contributed by atoms with Gasteiger partial charge in [-0.05, 0) is 5.56 Å². The lowest BCUT2D eigenvalue weighted by molar-refractivity contribution is -0.139. The SMILES string of the molecule is O=C(Nc1cn[nH]c1)N[C@@H](Cc1ccccc1)C(=O)O. The van der Waals surface area contributed by atoms with Crippen molar-refractivity contribution in [3.63, 3.8) is 0 Å². The number of carboxylic acids is 1. The number of aromatic amines is 1. The van der Waals surface area contributed by atoms with Crippen molar-refractivity contribution in [3.05, 3.63) is 48.3 Å². The van der Waals surface area contributed by atoms with Crippen molar-refractivity contribution in [2.75, 3.05) is 5.32 Å². The van der Waals surface area contributed by atoms with Gasteiger partial charge in [0.15, 0.2) is 0 Å². The molecule has 0 aliphatic rings. The van der Waals surface area contributed by atoms with Crippen LogP contribution in [0.5, 0.6) is 0 Å². The van der Waals surface area contributed by atoms with Gasteiger partial charge in [-0.3, -0.25) is 5.10 Å². The Morgan fingerprint density at radius 3 is 2.65 bits per heavy atom. The van der Waals surface area contributed by atoms with Crippen LogP contribution in [-0.2, 0) is 11.2 Å². The van der Waals surface area contributed by atoms with Gasteiger partial charge in [0.05, 0.1) is 11.9 Å². The maximum Gasteiger partial charge on any atom is 0.326 e. The predicted molar refractivity (Wildman–Crippen MR) is 72.3 cm³/mol. The van der Waals surface area contributed by atoms with Gasteiger partial charge in [0.25, 0.3) is 0 Å². The first-order valence-corrected chi connectivity index (χ1v) is 5.98. The van der Waals surface area contributed by atoms with Crippen LogP contribution >= 0.6 is 0 Å². The molecular formula is C13H14N4O3. The van der Waals surface area contributed by atoms with E-state index in [1.807, 2.05) is 30.3 Å². The van der Waals surface area contributed by atoms with Crippen molar-refractivity contribution >= 4 is 17.7 Å². The number of H-pyrrole nitrogens is 1. The average molecular weight is 274 g/mol. The zero-order valence-corrected chi connectivity index (χ0v) is 10.5. The summed E-state index contributed by atoms with van der Waals surface area (Å²) in [5.41, 5.74) is 1.30. The van der Waals surface area contributed by atoms with E-state index in [2.05, 4.69) is 20.8 Å². The molecule has 20 heavy (non-hydrogen) atoms. The average Bonchev–Trinajstić information content (AvgIpc) is 2.92. The minimum absolute atomic E-state index is 0.217. The van der Waals surface area contributed by atoms with Gasteiger partial charge in [-0.25, -0.2) is 9.59 Å². The molecule has 1 atom stereocenters. The Bertz CT molecular complexity index is 569. The second-order valence-corrected chi connectivity index (χ2v) is 4.17. The number of anilines is 1. The normalized spacial score (nSPS) is 11.6. The number of rotatable bonds is 5. The highest BCUT2D eigenvalue weighted by atomic mass is 16.4. The van der Waals surface area contributed by atoms with Crippen LogP contribution in [0.25, 0.3) is 0 Å². The molecule has 1 aromatic heterocycles. The first kappa shape index (κ1) is 13.6. The number of carbonyl (C=O) groups is 2. The zero-order chi connectivity index (χ0) is 14.4. The maximum absolute atomic E-state index is 11.7. The second-order valence-electron chi connectivity index (χ2n) is 4.17. The zero-order valence-electron chi connectivity index (χ0n) is 10.5. The van der Waals surface area contributed by atoms with Crippen LogP contribution in [0.1, 0.15) is 5.56 Å². The standard InChI is InChI=1S/C13H14N4O3/c18-12(19)11(6-9-4-2-1-3-5-9)17-13(20)16-10-7-14-15-8-10/h1-5,7-8,11H,6H2,(H,14,15)(H,18,19)(H2,16,17,20)/t11-/m0/s1. The number of urea groups is 1. The quantitative estimate of drug-likeness (QED) is 0.657. The largest absolute Gasteiger partial charge is 0.480 e. The van der Waals surface area contributed by atoms with E-state index in [1.54, 1.807) is 0 Å². The number of carboxylic acid groups (broad SMARTS) is 1. The summed E-state index contributed by atoms with van der Waals surface area (Å²) in [5, 5.41) is 20.3. The molecule has 0 bridgehead atoms. The summed E-state index contributed by atoms with van der Waals surface area (Å²) < 4.78 is 0. The molecule has 4 N–H and O–H groups in total. The lowest BCUT2D eigenvalue weighted by atomic mass is 10.1. The second kappa shape index (κ2) is 6.37. The summed E-state index contributed by atoms with van der Waals surface area (Å²) in [4.78, 5) is 22.9. The molecule has 0 aliphatic carbocycles. The molecule has 7 heteroatoms. The van der Waals surface area contributed by atoms with Crippen LogP contribution in [0.15, 0.2) is 42.7 Å². The molecule has 2 amide bonds. The van der Waals surface area contributed by atoms with E-state index in [0.717, 1.165) is 5.56 Å². The molecule has 0 spiro atoms. The highest BCUT2D eigenvalue weighted by Gasteiger charge is 2.20. The minimum Gasteiger partial charge on any atom is -0.480 e. The fraction of sp³-hybridized carbons (Fsp3) is 0.154. The topological polar surface area (TPSA) is 107 Å². The molecule has 104 valence electrons. The summed E-state index contributed by atoms with van der Waals surface area (Å²) in [7, 11) is 0. The van der Waals surface area contributed by atoms with Crippen LogP contribution in [0.3, 0.4) is 0 Å². The molecule has 1 aromatic carbocycles. The van der Waals surface area contributed by atoms with Crippen molar-refractivity contribution in [2.45, 2.75) is 12.5 Å². The molecule has 0 saturated carbocycles. The molecule has 0 radical (unpaired) electrons. The van der Waals surface area contributed by atoms with E-state index < -0.39 is 18.0 Å². The van der Waals surface area contributed by atoms with Crippen molar-refractivity contribution < 1.29 is 14.7 Å². The number of carbonyl (C=O) groups excluding carboxylic acids is 1. The number of nitrogens with one attached hydrogen (secondary N) is 3. The Kier molecular flexibility index (Phi) is 4.33. The van der Waals surface area contributed by atoms with Crippen molar-refractivity contribution in [1.29, 1.82) is 0 Å². The van der Waals surface area contributed by atoms with Crippen LogP contribution < -0.4 is 10.6 Å². The summed E-state index contributed by atoms with van der Waals surface area (Å²) >= 11 is 0. The van der Waals surface area contributed by atoms with Gasteiger partial charge in [-0.15, -0.1) is 0 Å². The number of aromatic nitrogens is 2. The maximum atomic E-state index is 11.7. The van der Waals surface area contributed by atoms with E-state index in [4.69, 9.17) is 5.11 Å². The number of benzene rings is 1. The number of aliphatic carboxylic acids is 1. The molecular weight excluding hydrogens is 260 g/mol. The molecule has 1 heterocycles. The lowest BCUT2D eigenvalue weighted by Gasteiger charge is -2.14. The number of hydrogen-bond donors (Lipinski definition) is 4. The van der Waals surface area contributed by atoms with Crippen LogP contribution in [0, 0.1) is 0 Å². The van der Waals surface area contributed by atoms with Crippen molar-refractivity contribution in [3.8, 4) is 0 Å². The summed E-state index contributed by atoms with van der Waals surface area (Å²) in [5.74, 6) is -1.09. The third kappa shape index (κ3) is 3.84. The van der Waals surface area contributed by atoms with E-state index in [0.29, 0.717) is 5.69 Å². The Morgan fingerprint density at radius 1 is 1.30 bits per heavy atom. The minimum atomic E-state index is -1.09. The number of nitrogens with zero attached hydrogens (tertiary/aromatic N) is 1. The van der Waals surface area contributed by atoms with E-state index in [1.165, 1.54) is 12.4 Å². The Morgan fingerprint density at radius 2 is 2.05 bits per heavy atom. The summed E-state index contributed by atoms with van der Waals surface area (Å²) in [6.45, 7) is 0. The van der Waals surface area contributed by atoms with Gasteiger partial charge in [0.2, 0.25) is 0 Å². The molecule has 2 aromatic rings. The van der Waals surface area contributed by atoms with Gasteiger partial charge in [-0.1, -0.05) is 30.3 Å².